The minimum absolute atomic E-state index is 0.0169. The number of anilines is 1. The van der Waals surface area contributed by atoms with Crippen molar-refractivity contribution in [1.82, 2.24) is 4.98 Å². The molecule has 0 radical (unpaired) electrons. The van der Waals surface area contributed by atoms with Crippen molar-refractivity contribution in [3.8, 4) is 0 Å². The highest BCUT2D eigenvalue weighted by atomic mass is 32.2. The smallest absolute Gasteiger partial charge is 0.290 e. The highest BCUT2D eigenvalue weighted by Crippen LogP contribution is 2.21. The Bertz CT molecular complexity index is 586. The molecule has 1 saturated heterocycles. The molecular formula is C11H15N3O4S. The van der Waals surface area contributed by atoms with Gasteiger partial charge in [0.1, 0.15) is 21.9 Å². The van der Waals surface area contributed by atoms with Gasteiger partial charge in [-0.25, -0.2) is 13.4 Å². The van der Waals surface area contributed by atoms with Crippen molar-refractivity contribution in [1.29, 1.82) is 0 Å². The monoisotopic (exact) mass is 285 g/mol. The Morgan fingerprint density at radius 2 is 2.05 bits per heavy atom. The molecule has 0 aromatic carbocycles. The van der Waals surface area contributed by atoms with Crippen LogP contribution in [0.4, 0.5) is 11.5 Å². The van der Waals surface area contributed by atoms with Crippen LogP contribution >= 0.6 is 0 Å². The second kappa shape index (κ2) is 5.12. The maximum absolute atomic E-state index is 11.3. The molecule has 0 saturated carbocycles. The van der Waals surface area contributed by atoms with E-state index in [0.717, 1.165) is 0 Å². The van der Waals surface area contributed by atoms with Crippen LogP contribution in [0.2, 0.25) is 0 Å². The molecule has 1 aromatic rings. The van der Waals surface area contributed by atoms with E-state index in [-0.39, 0.29) is 23.2 Å². The Morgan fingerprint density at radius 1 is 1.42 bits per heavy atom. The molecule has 104 valence electrons. The number of nitro groups is 1. The number of nitrogens with zero attached hydrogens (tertiary/aromatic N) is 2. The van der Waals surface area contributed by atoms with Gasteiger partial charge in [0.15, 0.2) is 0 Å². The fourth-order valence-corrected chi connectivity index (χ4v) is 3.55. The van der Waals surface area contributed by atoms with E-state index in [1.165, 1.54) is 6.20 Å². The third kappa shape index (κ3) is 3.40. The largest absolute Gasteiger partial charge is 0.367 e. The van der Waals surface area contributed by atoms with Crippen molar-refractivity contribution >= 4 is 21.3 Å². The van der Waals surface area contributed by atoms with Gasteiger partial charge in [-0.15, -0.1) is 0 Å². The van der Waals surface area contributed by atoms with Crippen molar-refractivity contribution in [3.05, 3.63) is 27.9 Å². The Balaban J connectivity index is 2.04. The minimum atomic E-state index is -2.88. The fraction of sp³-hybridized carbons (Fsp3) is 0.545. The summed E-state index contributed by atoms with van der Waals surface area (Å²) >= 11 is 0. The van der Waals surface area contributed by atoms with Crippen LogP contribution in [-0.4, -0.2) is 35.9 Å². The SMILES string of the molecule is Cc1cc(NC2CCS(=O)(=O)CC2)ncc1[N+](=O)[O-]. The summed E-state index contributed by atoms with van der Waals surface area (Å²) in [5, 5.41) is 13.8. The molecule has 19 heavy (non-hydrogen) atoms. The van der Waals surface area contributed by atoms with E-state index >= 15 is 0 Å². The Kier molecular flexibility index (Phi) is 3.70. The van der Waals surface area contributed by atoms with E-state index in [9.17, 15) is 18.5 Å². The van der Waals surface area contributed by atoms with Gasteiger partial charge in [0, 0.05) is 11.6 Å². The Hall–Kier alpha value is -1.70. The van der Waals surface area contributed by atoms with Crippen LogP contribution in [0, 0.1) is 17.0 Å². The van der Waals surface area contributed by atoms with Crippen molar-refractivity contribution in [2.75, 3.05) is 16.8 Å². The van der Waals surface area contributed by atoms with E-state index in [1.54, 1.807) is 13.0 Å². The summed E-state index contributed by atoms with van der Waals surface area (Å²) in [7, 11) is -2.88. The summed E-state index contributed by atoms with van der Waals surface area (Å²) in [4.78, 5) is 14.2. The van der Waals surface area contributed by atoms with Gasteiger partial charge in [0.25, 0.3) is 5.69 Å². The van der Waals surface area contributed by atoms with Crippen LogP contribution in [0.1, 0.15) is 18.4 Å². The number of sulfone groups is 1. The number of nitrogens with one attached hydrogen (secondary N) is 1. The van der Waals surface area contributed by atoms with Crippen LogP contribution in [-0.2, 0) is 9.84 Å². The first kappa shape index (κ1) is 13.7. The molecule has 7 nitrogen and oxygen atoms in total. The molecule has 2 rings (SSSR count). The average Bonchev–Trinajstić information content (AvgIpc) is 2.31. The van der Waals surface area contributed by atoms with Crippen LogP contribution in [0.25, 0.3) is 0 Å². The molecule has 8 heteroatoms. The minimum Gasteiger partial charge on any atom is -0.367 e. The van der Waals surface area contributed by atoms with Crippen molar-refractivity contribution < 1.29 is 13.3 Å². The molecule has 0 spiro atoms. The topological polar surface area (TPSA) is 102 Å². The molecule has 0 unspecified atom stereocenters. The first-order chi connectivity index (χ1) is 8.87. The zero-order valence-electron chi connectivity index (χ0n) is 10.5. The summed E-state index contributed by atoms with van der Waals surface area (Å²) in [6, 6.07) is 1.67. The van der Waals surface area contributed by atoms with Gasteiger partial charge >= 0.3 is 0 Å². The highest BCUT2D eigenvalue weighted by Gasteiger charge is 2.24. The molecule has 1 aliphatic rings. The van der Waals surface area contributed by atoms with Crippen LogP contribution in [0.15, 0.2) is 12.3 Å². The highest BCUT2D eigenvalue weighted by molar-refractivity contribution is 7.91. The van der Waals surface area contributed by atoms with E-state index in [1.807, 2.05) is 0 Å². The van der Waals surface area contributed by atoms with Crippen LogP contribution in [0.3, 0.4) is 0 Å². The lowest BCUT2D eigenvalue weighted by Crippen LogP contribution is -2.32. The first-order valence-corrected chi connectivity index (χ1v) is 7.77. The molecule has 1 N–H and O–H groups in total. The number of hydrogen-bond donors (Lipinski definition) is 1. The predicted octanol–water partition coefficient (Wildman–Crippen LogP) is 1.29. The number of aromatic nitrogens is 1. The molecule has 1 fully saturated rings. The summed E-state index contributed by atoms with van der Waals surface area (Å²) < 4.78 is 22.6. The van der Waals surface area contributed by atoms with Crippen LogP contribution in [0.5, 0.6) is 0 Å². The van der Waals surface area contributed by atoms with Gasteiger partial charge in [-0.3, -0.25) is 10.1 Å². The quantitative estimate of drug-likeness (QED) is 0.663. The molecule has 0 amide bonds. The third-order valence-electron chi connectivity index (χ3n) is 3.19. The average molecular weight is 285 g/mol. The molecular weight excluding hydrogens is 270 g/mol. The maximum Gasteiger partial charge on any atom is 0.290 e. The lowest BCUT2D eigenvalue weighted by atomic mass is 10.1. The number of aryl methyl sites for hydroxylation is 1. The van der Waals surface area contributed by atoms with Crippen LogP contribution < -0.4 is 5.32 Å². The number of hydrogen-bond acceptors (Lipinski definition) is 6. The second-order valence-corrected chi connectivity index (χ2v) is 6.99. The predicted molar refractivity (Wildman–Crippen MR) is 70.9 cm³/mol. The zero-order valence-corrected chi connectivity index (χ0v) is 11.3. The van der Waals surface area contributed by atoms with Gasteiger partial charge in [-0.1, -0.05) is 0 Å². The van der Waals surface area contributed by atoms with Gasteiger partial charge in [-0.05, 0) is 25.8 Å². The van der Waals surface area contributed by atoms with Gasteiger partial charge in [0.2, 0.25) is 0 Å². The number of rotatable bonds is 3. The molecule has 0 atom stereocenters. The lowest BCUT2D eigenvalue weighted by Gasteiger charge is -2.23. The fourth-order valence-electron chi connectivity index (χ4n) is 2.06. The maximum atomic E-state index is 11.3. The first-order valence-electron chi connectivity index (χ1n) is 5.95. The summed E-state index contributed by atoms with van der Waals surface area (Å²) in [6.45, 7) is 1.65. The molecule has 1 aromatic heterocycles. The normalized spacial score (nSPS) is 19.0. The Morgan fingerprint density at radius 3 is 2.58 bits per heavy atom. The Labute approximate surface area is 111 Å². The van der Waals surface area contributed by atoms with Crippen molar-refractivity contribution in [3.63, 3.8) is 0 Å². The summed E-state index contributed by atoms with van der Waals surface area (Å²) in [6.07, 6.45) is 2.30. The summed E-state index contributed by atoms with van der Waals surface area (Å²) in [5.74, 6) is 0.903. The van der Waals surface area contributed by atoms with E-state index in [0.29, 0.717) is 24.2 Å². The standard InChI is InChI=1S/C11H15N3O4S/c1-8-6-11(12-7-10(8)14(15)16)13-9-2-4-19(17,18)5-3-9/h6-7,9H,2-5H2,1H3,(H,12,13). The van der Waals surface area contributed by atoms with Gasteiger partial charge in [-0.2, -0.15) is 0 Å². The molecule has 0 aliphatic carbocycles. The van der Waals surface area contributed by atoms with Gasteiger partial charge < -0.3 is 5.32 Å². The number of pyridine rings is 1. The van der Waals surface area contributed by atoms with E-state index in [4.69, 9.17) is 0 Å². The summed E-state index contributed by atoms with van der Waals surface area (Å²) in [5.41, 5.74) is 0.516. The second-order valence-electron chi connectivity index (χ2n) is 4.68. The molecule has 1 aliphatic heterocycles. The van der Waals surface area contributed by atoms with E-state index < -0.39 is 14.8 Å². The lowest BCUT2D eigenvalue weighted by molar-refractivity contribution is -0.385. The third-order valence-corrected chi connectivity index (χ3v) is 4.90. The van der Waals surface area contributed by atoms with Crippen molar-refractivity contribution in [2.45, 2.75) is 25.8 Å². The van der Waals surface area contributed by atoms with Gasteiger partial charge in [0.05, 0.1) is 16.4 Å². The molecule has 0 bridgehead atoms. The van der Waals surface area contributed by atoms with Crippen molar-refractivity contribution in [2.24, 2.45) is 0 Å². The zero-order chi connectivity index (χ0) is 14.0. The van der Waals surface area contributed by atoms with E-state index in [2.05, 4.69) is 10.3 Å². The molecule has 2 heterocycles.